The highest BCUT2D eigenvalue weighted by Crippen LogP contribution is 2.17. The van der Waals surface area contributed by atoms with Crippen LogP contribution < -0.4 is 5.32 Å². The first-order chi connectivity index (χ1) is 8.22. The van der Waals surface area contributed by atoms with Crippen molar-refractivity contribution in [1.82, 2.24) is 15.1 Å². The number of nitrogens with one attached hydrogen (secondary N) is 1. The van der Waals surface area contributed by atoms with Crippen LogP contribution in [-0.4, -0.2) is 74.4 Å². The molecule has 4 heteroatoms. The highest BCUT2D eigenvalue weighted by molar-refractivity contribution is 4.89. The Morgan fingerprint density at radius 2 is 1.88 bits per heavy atom. The van der Waals surface area contributed by atoms with Gasteiger partial charge in [0.15, 0.2) is 0 Å². The maximum absolute atomic E-state index is 5.65. The van der Waals surface area contributed by atoms with Crippen molar-refractivity contribution in [2.75, 3.05) is 46.4 Å². The molecule has 2 heterocycles. The number of hydrogen-bond acceptors (Lipinski definition) is 4. The van der Waals surface area contributed by atoms with Gasteiger partial charge in [-0.2, -0.15) is 0 Å². The fourth-order valence-electron chi connectivity index (χ4n) is 3.00. The molecule has 0 aromatic heterocycles. The topological polar surface area (TPSA) is 27.7 Å². The molecule has 0 aliphatic carbocycles. The van der Waals surface area contributed by atoms with E-state index in [9.17, 15) is 0 Å². The number of piperazine rings is 1. The fraction of sp³-hybridized carbons (Fsp3) is 1.00. The second kappa shape index (κ2) is 6.14. The standard InChI is InChI=1S/C13H27N3O/c1-11(2)15-5-7-16(8-6-15)13-10-17-9-4-12(13)14-3/h11-14H,4-10H2,1-3H3. The van der Waals surface area contributed by atoms with E-state index >= 15 is 0 Å². The van der Waals surface area contributed by atoms with Crippen LogP contribution in [0, 0.1) is 0 Å². The van der Waals surface area contributed by atoms with Gasteiger partial charge in [0.2, 0.25) is 0 Å². The van der Waals surface area contributed by atoms with Crippen LogP contribution in [0.15, 0.2) is 0 Å². The summed E-state index contributed by atoms with van der Waals surface area (Å²) in [6.07, 6.45) is 1.14. The fourth-order valence-corrected chi connectivity index (χ4v) is 3.00. The summed E-state index contributed by atoms with van der Waals surface area (Å²) in [7, 11) is 2.08. The molecular formula is C13H27N3O. The monoisotopic (exact) mass is 241 g/mol. The van der Waals surface area contributed by atoms with Crippen LogP contribution in [0.4, 0.5) is 0 Å². The molecule has 0 spiro atoms. The molecule has 17 heavy (non-hydrogen) atoms. The second-order valence-electron chi connectivity index (χ2n) is 5.49. The Morgan fingerprint density at radius 1 is 1.18 bits per heavy atom. The first-order valence-electron chi connectivity index (χ1n) is 6.95. The average molecular weight is 241 g/mol. The van der Waals surface area contributed by atoms with Crippen LogP contribution in [0.5, 0.6) is 0 Å². The maximum atomic E-state index is 5.65. The van der Waals surface area contributed by atoms with Gasteiger partial charge < -0.3 is 10.1 Å². The summed E-state index contributed by atoms with van der Waals surface area (Å²) in [5.41, 5.74) is 0. The number of likely N-dealkylation sites (N-methyl/N-ethyl adjacent to an activating group) is 1. The van der Waals surface area contributed by atoms with Crippen LogP contribution in [-0.2, 0) is 4.74 Å². The van der Waals surface area contributed by atoms with Crippen molar-refractivity contribution in [3.63, 3.8) is 0 Å². The zero-order valence-corrected chi connectivity index (χ0v) is 11.5. The molecule has 0 saturated carbocycles. The normalized spacial score (nSPS) is 33.2. The minimum Gasteiger partial charge on any atom is -0.380 e. The van der Waals surface area contributed by atoms with E-state index in [1.54, 1.807) is 0 Å². The number of ether oxygens (including phenoxy) is 1. The third-order valence-electron chi connectivity index (χ3n) is 4.25. The predicted molar refractivity (Wildman–Crippen MR) is 70.4 cm³/mol. The Bertz CT molecular complexity index is 227. The van der Waals surface area contributed by atoms with Gasteiger partial charge in [0.25, 0.3) is 0 Å². The first kappa shape index (κ1) is 13.3. The molecule has 1 N–H and O–H groups in total. The summed E-state index contributed by atoms with van der Waals surface area (Å²) in [6.45, 7) is 11.1. The zero-order valence-electron chi connectivity index (χ0n) is 11.5. The molecule has 0 radical (unpaired) electrons. The van der Waals surface area contributed by atoms with E-state index in [1.807, 2.05) is 0 Å². The summed E-state index contributed by atoms with van der Waals surface area (Å²) in [5.74, 6) is 0. The molecule has 2 aliphatic heterocycles. The van der Waals surface area contributed by atoms with Crippen molar-refractivity contribution in [3.05, 3.63) is 0 Å². The lowest BCUT2D eigenvalue weighted by Crippen LogP contribution is -2.60. The second-order valence-corrected chi connectivity index (χ2v) is 5.49. The summed E-state index contributed by atoms with van der Waals surface area (Å²) in [5, 5.41) is 3.45. The van der Waals surface area contributed by atoms with Crippen LogP contribution in [0.1, 0.15) is 20.3 Å². The minimum atomic E-state index is 0.572. The van der Waals surface area contributed by atoms with Crippen molar-refractivity contribution in [3.8, 4) is 0 Å². The molecule has 2 atom stereocenters. The molecule has 2 aliphatic rings. The van der Waals surface area contributed by atoms with Crippen molar-refractivity contribution in [1.29, 1.82) is 0 Å². The minimum absolute atomic E-state index is 0.572. The SMILES string of the molecule is CNC1CCOCC1N1CCN(C(C)C)CC1. The molecule has 2 saturated heterocycles. The highest BCUT2D eigenvalue weighted by Gasteiger charge is 2.32. The lowest BCUT2D eigenvalue weighted by Gasteiger charge is -2.44. The Labute approximate surface area is 105 Å². The average Bonchev–Trinajstić information content (AvgIpc) is 2.39. The van der Waals surface area contributed by atoms with E-state index in [4.69, 9.17) is 4.74 Å². The van der Waals surface area contributed by atoms with E-state index in [1.165, 1.54) is 26.2 Å². The molecule has 0 aromatic carbocycles. The summed E-state index contributed by atoms with van der Waals surface area (Å²) < 4.78 is 5.65. The van der Waals surface area contributed by atoms with Gasteiger partial charge in [-0.15, -0.1) is 0 Å². The maximum Gasteiger partial charge on any atom is 0.0637 e. The van der Waals surface area contributed by atoms with Gasteiger partial charge in [-0.05, 0) is 27.3 Å². The lowest BCUT2D eigenvalue weighted by molar-refractivity contribution is -0.0219. The quantitative estimate of drug-likeness (QED) is 0.773. The molecule has 0 amide bonds. The van der Waals surface area contributed by atoms with Gasteiger partial charge in [-0.3, -0.25) is 9.80 Å². The largest absolute Gasteiger partial charge is 0.380 e. The lowest BCUT2D eigenvalue weighted by atomic mass is 10.0. The molecule has 2 fully saturated rings. The smallest absolute Gasteiger partial charge is 0.0637 e. The van der Waals surface area contributed by atoms with Gasteiger partial charge in [-0.1, -0.05) is 0 Å². The van der Waals surface area contributed by atoms with E-state index < -0.39 is 0 Å². The summed E-state index contributed by atoms with van der Waals surface area (Å²) in [6, 6.07) is 1.86. The van der Waals surface area contributed by atoms with E-state index in [0.717, 1.165) is 19.6 Å². The predicted octanol–water partition coefficient (Wildman–Crippen LogP) is 0.389. The molecule has 0 aromatic rings. The Morgan fingerprint density at radius 3 is 2.47 bits per heavy atom. The Balaban J connectivity index is 1.86. The van der Waals surface area contributed by atoms with Crippen LogP contribution >= 0.6 is 0 Å². The molecule has 4 nitrogen and oxygen atoms in total. The van der Waals surface area contributed by atoms with Crippen LogP contribution in [0.25, 0.3) is 0 Å². The molecule has 100 valence electrons. The molecular weight excluding hydrogens is 214 g/mol. The Kier molecular flexibility index (Phi) is 4.79. The van der Waals surface area contributed by atoms with E-state index in [2.05, 4.69) is 36.0 Å². The molecule has 2 unspecified atom stereocenters. The van der Waals surface area contributed by atoms with Crippen molar-refractivity contribution in [2.45, 2.75) is 38.4 Å². The number of rotatable bonds is 3. The number of hydrogen-bond donors (Lipinski definition) is 1. The van der Waals surface area contributed by atoms with E-state index in [0.29, 0.717) is 18.1 Å². The first-order valence-corrected chi connectivity index (χ1v) is 6.95. The van der Waals surface area contributed by atoms with Crippen LogP contribution in [0.3, 0.4) is 0 Å². The van der Waals surface area contributed by atoms with Gasteiger partial charge >= 0.3 is 0 Å². The van der Waals surface area contributed by atoms with Gasteiger partial charge in [-0.25, -0.2) is 0 Å². The van der Waals surface area contributed by atoms with E-state index in [-0.39, 0.29) is 0 Å². The zero-order chi connectivity index (χ0) is 12.3. The van der Waals surface area contributed by atoms with Gasteiger partial charge in [0.1, 0.15) is 0 Å². The molecule has 2 rings (SSSR count). The summed E-state index contributed by atoms with van der Waals surface area (Å²) in [4.78, 5) is 5.17. The highest BCUT2D eigenvalue weighted by atomic mass is 16.5. The third-order valence-corrected chi connectivity index (χ3v) is 4.25. The van der Waals surface area contributed by atoms with Gasteiger partial charge in [0, 0.05) is 50.9 Å². The third kappa shape index (κ3) is 3.19. The van der Waals surface area contributed by atoms with Crippen molar-refractivity contribution in [2.24, 2.45) is 0 Å². The Hall–Kier alpha value is -0.160. The van der Waals surface area contributed by atoms with Crippen molar-refractivity contribution < 1.29 is 4.74 Å². The van der Waals surface area contributed by atoms with Crippen molar-refractivity contribution >= 4 is 0 Å². The number of nitrogens with zero attached hydrogens (tertiary/aromatic N) is 2. The van der Waals surface area contributed by atoms with Gasteiger partial charge in [0.05, 0.1) is 6.61 Å². The summed E-state index contributed by atoms with van der Waals surface area (Å²) >= 11 is 0. The molecule has 0 bridgehead atoms. The van der Waals surface area contributed by atoms with Crippen LogP contribution in [0.2, 0.25) is 0 Å².